The summed E-state index contributed by atoms with van der Waals surface area (Å²) < 4.78 is 5.09. The summed E-state index contributed by atoms with van der Waals surface area (Å²) in [5.74, 6) is -1.13. The van der Waals surface area contributed by atoms with Gasteiger partial charge in [0, 0.05) is 6.08 Å². The molecule has 0 aromatic carbocycles. The van der Waals surface area contributed by atoms with E-state index in [4.69, 9.17) is 15.6 Å². The van der Waals surface area contributed by atoms with E-state index in [1.165, 1.54) is 0 Å². The first-order valence-corrected chi connectivity index (χ1v) is 4.29. The molecule has 0 spiro atoms. The Morgan fingerprint density at radius 2 is 2.38 bits per heavy atom. The Morgan fingerprint density at radius 1 is 1.62 bits per heavy atom. The number of fused-ring (bicyclic) bond motifs is 1. The molecule has 2 heterocycles. The quantitative estimate of drug-likeness (QED) is 0.456. The maximum absolute atomic E-state index is 11.4. The number of ether oxygens (including phenoxy) is 1. The van der Waals surface area contributed by atoms with E-state index in [1.54, 1.807) is 0 Å². The summed E-state index contributed by atoms with van der Waals surface area (Å²) in [6.07, 6.45) is 0.915. The molecule has 5 N–H and O–H groups in total. The second-order valence-corrected chi connectivity index (χ2v) is 3.05. The number of carboxylic acids is 1. The van der Waals surface area contributed by atoms with Crippen LogP contribution in [0, 0.1) is 0 Å². The van der Waals surface area contributed by atoms with Crippen LogP contribution in [0.25, 0.3) is 0 Å². The van der Waals surface area contributed by atoms with Gasteiger partial charge in [-0.2, -0.15) is 4.98 Å². The number of hydrogen-bond acceptors (Lipinski definition) is 6. The number of rotatable bonds is 1. The van der Waals surface area contributed by atoms with Gasteiger partial charge in [0.15, 0.2) is 5.69 Å². The predicted molar refractivity (Wildman–Crippen MR) is 54.1 cm³/mol. The van der Waals surface area contributed by atoms with Crippen molar-refractivity contribution in [2.45, 2.75) is 0 Å². The number of nitrogens with two attached hydrogens (primary N) is 1. The van der Waals surface area contributed by atoms with Crippen molar-refractivity contribution in [1.29, 1.82) is 0 Å². The van der Waals surface area contributed by atoms with E-state index in [9.17, 15) is 9.59 Å². The lowest BCUT2D eigenvalue weighted by atomic mass is 10.3. The lowest BCUT2D eigenvalue weighted by molar-refractivity contribution is -0.131. The summed E-state index contributed by atoms with van der Waals surface area (Å²) in [4.78, 5) is 27.9. The monoisotopic (exact) mass is 224 g/mol. The van der Waals surface area contributed by atoms with Crippen LogP contribution in [-0.2, 0) is 4.79 Å². The fourth-order valence-electron chi connectivity index (χ4n) is 1.25. The molecule has 0 fully saturated rings. The van der Waals surface area contributed by atoms with E-state index >= 15 is 0 Å². The third-order valence-corrected chi connectivity index (χ3v) is 1.85. The van der Waals surface area contributed by atoms with Crippen molar-refractivity contribution in [1.82, 2.24) is 9.97 Å². The summed E-state index contributed by atoms with van der Waals surface area (Å²) in [5, 5.41) is 11.2. The predicted octanol–water partition coefficient (Wildman–Crippen LogP) is -0.875. The molecule has 0 atom stereocenters. The zero-order valence-electron chi connectivity index (χ0n) is 7.98. The molecule has 0 aliphatic carbocycles. The Kier molecular flexibility index (Phi) is 2.24. The maximum atomic E-state index is 11.4. The van der Waals surface area contributed by atoms with Gasteiger partial charge in [0.25, 0.3) is 5.56 Å². The Labute approximate surface area is 88.8 Å². The number of aromatic nitrogens is 2. The molecule has 1 aliphatic heterocycles. The highest BCUT2D eigenvalue weighted by Crippen LogP contribution is 2.23. The average Bonchev–Trinajstić information content (AvgIpc) is 2.18. The molecule has 8 nitrogen and oxygen atoms in total. The molecular weight excluding hydrogens is 216 g/mol. The van der Waals surface area contributed by atoms with Crippen LogP contribution in [0.4, 0.5) is 11.6 Å². The van der Waals surface area contributed by atoms with Gasteiger partial charge in [0.1, 0.15) is 6.61 Å². The number of carboxylic acid groups (broad SMARTS) is 1. The zero-order chi connectivity index (χ0) is 11.7. The number of aliphatic carboxylic acids is 1. The highest BCUT2D eigenvalue weighted by atomic mass is 16.5. The minimum atomic E-state index is -1.13. The molecule has 2 rings (SSSR count). The van der Waals surface area contributed by atoms with E-state index in [0.717, 1.165) is 6.08 Å². The molecule has 0 saturated heterocycles. The number of carbonyl (C=O) groups is 1. The topological polar surface area (TPSA) is 130 Å². The number of aromatic amines is 1. The van der Waals surface area contributed by atoms with Crippen LogP contribution >= 0.6 is 0 Å². The van der Waals surface area contributed by atoms with Gasteiger partial charge in [0.05, 0.1) is 5.70 Å². The maximum Gasteiger partial charge on any atom is 0.330 e. The Hall–Kier alpha value is -2.51. The van der Waals surface area contributed by atoms with Crippen molar-refractivity contribution in [3.05, 3.63) is 22.1 Å². The lowest BCUT2D eigenvalue weighted by Crippen LogP contribution is -2.26. The molecule has 0 unspecified atom stereocenters. The SMILES string of the molecule is Nc1nc2c(c(=O)[nH]1)N/C(=C\C(=O)O)CO2. The summed E-state index contributed by atoms with van der Waals surface area (Å²) in [6.45, 7) is -0.00477. The summed E-state index contributed by atoms with van der Waals surface area (Å²) in [7, 11) is 0. The molecule has 0 saturated carbocycles. The van der Waals surface area contributed by atoms with Crippen molar-refractivity contribution in [2.75, 3.05) is 17.7 Å². The second kappa shape index (κ2) is 3.57. The Morgan fingerprint density at radius 3 is 3.06 bits per heavy atom. The second-order valence-electron chi connectivity index (χ2n) is 3.05. The van der Waals surface area contributed by atoms with Gasteiger partial charge in [-0.3, -0.25) is 9.78 Å². The van der Waals surface area contributed by atoms with Gasteiger partial charge in [0.2, 0.25) is 11.8 Å². The van der Waals surface area contributed by atoms with Crippen molar-refractivity contribution in [2.24, 2.45) is 0 Å². The van der Waals surface area contributed by atoms with E-state index < -0.39 is 11.5 Å². The van der Waals surface area contributed by atoms with E-state index in [2.05, 4.69) is 15.3 Å². The van der Waals surface area contributed by atoms with Crippen LogP contribution < -0.4 is 21.3 Å². The van der Waals surface area contributed by atoms with Crippen molar-refractivity contribution in [3.63, 3.8) is 0 Å². The molecule has 1 aliphatic rings. The first kappa shape index (κ1) is 10.0. The average molecular weight is 224 g/mol. The Balaban J connectivity index is 2.41. The first-order valence-electron chi connectivity index (χ1n) is 4.29. The molecule has 8 heteroatoms. The molecule has 1 aromatic heterocycles. The molecule has 16 heavy (non-hydrogen) atoms. The molecular formula is C8H8N4O4. The zero-order valence-corrected chi connectivity index (χ0v) is 7.98. The Bertz CT molecular complexity index is 533. The van der Waals surface area contributed by atoms with E-state index in [-0.39, 0.29) is 29.8 Å². The number of H-pyrrole nitrogens is 1. The van der Waals surface area contributed by atoms with Crippen molar-refractivity contribution >= 4 is 17.6 Å². The largest absolute Gasteiger partial charge is 0.478 e. The molecule has 84 valence electrons. The number of nitrogen functional groups attached to an aromatic ring is 1. The molecule has 0 bridgehead atoms. The minimum Gasteiger partial charge on any atom is -0.478 e. The standard InChI is InChI=1S/C8H8N4O4/c9-8-11-6(15)5-7(12-8)16-2-3(10-5)1-4(13)14/h1,10H,2H2,(H,13,14)(H3,9,11,12,15)/b3-1-. The first-order chi connectivity index (χ1) is 7.56. The van der Waals surface area contributed by atoms with Crippen molar-refractivity contribution in [3.8, 4) is 5.88 Å². The lowest BCUT2D eigenvalue weighted by Gasteiger charge is -2.19. The van der Waals surface area contributed by atoms with Crippen LogP contribution in [0.5, 0.6) is 5.88 Å². The van der Waals surface area contributed by atoms with Gasteiger partial charge >= 0.3 is 5.97 Å². The normalized spacial score (nSPS) is 16.1. The smallest absolute Gasteiger partial charge is 0.330 e. The number of hydrogen-bond donors (Lipinski definition) is 4. The van der Waals surface area contributed by atoms with Gasteiger partial charge < -0.3 is 20.9 Å². The molecule has 1 aromatic rings. The fraction of sp³-hybridized carbons (Fsp3) is 0.125. The number of nitrogens with one attached hydrogen (secondary N) is 2. The fourth-order valence-corrected chi connectivity index (χ4v) is 1.25. The van der Waals surface area contributed by atoms with Crippen LogP contribution in [0.15, 0.2) is 16.6 Å². The third kappa shape index (κ3) is 1.80. The van der Waals surface area contributed by atoms with Gasteiger partial charge in [-0.15, -0.1) is 0 Å². The molecule has 0 amide bonds. The minimum absolute atomic E-state index is 0.00477. The third-order valence-electron chi connectivity index (χ3n) is 1.85. The number of nitrogens with zero attached hydrogens (tertiary/aromatic N) is 1. The van der Waals surface area contributed by atoms with Gasteiger partial charge in [-0.05, 0) is 0 Å². The van der Waals surface area contributed by atoms with Crippen LogP contribution in [0.1, 0.15) is 0 Å². The van der Waals surface area contributed by atoms with E-state index in [0.29, 0.717) is 0 Å². The van der Waals surface area contributed by atoms with Crippen molar-refractivity contribution < 1.29 is 14.6 Å². The van der Waals surface area contributed by atoms with E-state index in [1.807, 2.05) is 0 Å². The van der Waals surface area contributed by atoms with Crippen LogP contribution in [-0.4, -0.2) is 27.7 Å². The molecule has 0 radical (unpaired) electrons. The van der Waals surface area contributed by atoms with Crippen LogP contribution in [0.3, 0.4) is 0 Å². The van der Waals surface area contributed by atoms with Gasteiger partial charge in [-0.25, -0.2) is 4.79 Å². The van der Waals surface area contributed by atoms with Crippen LogP contribution in [0.2, 0.25) is 0 Å². The highest BCUT2D eigenvalue weighted by molar-refractivity contribution is 5.82. The van der Waals surface area contributed by atoms with Gasteiger partial charge in [-0.1, -0.05) is 0 Å². The highest BCUT2D eigenvalue weighted by Gasteiger charge is 2.19. The summed E-state index contributed by atoms with van der Waals surface area (Å²) in [5.41, 5.74) is 5.11. The number of anilines is 2. The summed E-state index contributed by atoms with van der Waals surface area (Å²) in [6, 6.07) is 0. The summed E-state index contributed by atoms with van der Waals surface area (Å²) >= 11 is 0.